The Morgan fingerprint density at radius 3 is 2.40 bits per heavy atom. The number of hydrogen-bond acceptors (Lipinski definition) is 7. The minimum absolute atomic E-state index is 0.0804. The van der Waals surface area contributed by atoms with Crippen molar-refractivity contribution < 1.29 is 33.9 Å². The lowest BCUT2D eigenvalue weighted by molar-refractivity contribution is -0.0916. The second-order valence-corrected chi connectivity index (χ2v) is 4.19. The maximum Gasteiger partial charge on any atom is 0.201 e. The predicted molar refractivity (Wildman–Crippen MR) is 68.4 cm³/mol. The highest BCUT2D eigenvalue weighted by Crippen LogP contribution is 2.39. The van der Waals surface area contributed by atoms with E-state index in [0.29, 0.717) is 12.4 Å². The van der Waals surface area contributed by atoms with Crippen LogP contribution in [-0.4, -0.2) is 56.6 Å². The van der Waals surface area contributed by atoms with E-state index in [2.05, 4.69) is 0 Å². The van der Waals surface area contributed by atoms with Gasteiger partial charge < -0.3 is 33.9 Å². The Balaban J connectivity index is 1.99. The Kier molecular flexibility index (Phi) is 4.89. The molecular weight excluding hydrogens is 268 g/mol. The van der Waals surface area contributed by atoms with Gasteiger partial charge in [-0.05, 0) is 0 Å². The highest BCUT2D eigenvalue weighted by atomic mass is 16.7. The lowest BCUT2D eigenvalue weighted by atomic mass is 10.2. The van der Waals surface area contributed by atoms with Gasteiger partial charge in [0.15, 0.2) is 17.8 Å². The van der Waals surface area contributed by atoms with Crippen LogP contribution in [-0.2, 0) is 9.47 Å². The molecule has 1 aromatic carbocycles. The Hall–Kier alpha value is -1.70. The lowest BCUT2D eigenvalue weighted by Crippen LogP contribution is -2.22. The number of phenolic OH excluding ortho intramolecular Hbond substituents is 1. The van der Waals surface area contributed by atoms with Crippen molar-refractivity contribution in [3.05, 3.63) is 12.1 Å². The third-order valence-electron chi connectivity index (χ3n) is 2.85. The zero-order valence-electron chi connectivity index (χ0n) is 11.4. The van der Waals surface area contributed by atoms with Gasteiger partial charge in [0.1, 0.15) is 18.5 Å². The van der Waals surface area contributed by atoms with Crippen LogP contribution in [0.3, 0.4) is 0 Å². The summed E-state index contributed by atoms with van der Waals surface area (Å²) >= 11 is 0. The van der Waals surface area contributed by atoms with E-state index in [9.17, 15) is 5.11 Å². The quantitative estimate of drug-likeness (QED) is 0.788. The molecule has 1 heterocycles. The summed E-state index contributed by atoms with van der Waals surface area (Å²) in [4.78, 5) is 0. The second-order valence-electron chi connectivity index (χ2n) is 4.19. The van der Waals surface area contributed by atoms with Gasteiger partial charge in [-0.25, -0.2) is 0 Å². The zero-order valence-corrected chi connectivity index (χ0v) is 11.4. The van der Waals surface area contributed by atoms with Gasteiger partial charge in [-0.1, -0.05) is 0 Å². The molecule has 2 N–H and O–H groups in total. The number of rotatable bonds is 6. The molecule has 1 fully saturated rings. The average Bonchev–Trinajstić information content (AvgIpc) is 2.94. The number of aliphatic hydroxyl groups excluding tert-OH is 1. The van der Waals surface area contributed by atoms with Crippen LogP contribution in [0, 0.1) is 0 Å². The normalized spacial score (nSPS) is 21.8. The number of phenols is 1. The molecule has 1 aromatic rings. The highest BCUT2D eigenvalue weighted by Gasteiger charge is 2.26. The molecule has 0 saturated carbocycles. The first-order valence-electron chi connectivity index (χ1n) is 6.13. The molecule has 0 aliphatic carbocycles. The number of benzene rings is 1. The summed E-state index contributed by atoms with van der Waals surface area (Å²) < 4.78 is 26.2. The highest BCUT2D eigenvalue weighted by molar-refractivity contribution is 5.54. The standard InChI is InChI=1S/C13H18O7/c1-16-10-3-8(4-11(17-2)13(10)15)18-6-9-7-19-12(5-14)20-9/h3-4,9,12,14-15H,5-7H2,1-2H3. The van der Waals surface area contributed by atoms with Crippen LogP contribution in [0.25, 0.3) is 0 Å². The number of aromatic hydroxyl groups is 1. The van der Waals surface area contributed by atoms with E-state index < -0.39 is 6.29 Å². The summed E-state index contributed by atoms with van der Waals surface area (Å²) in [6, 6.07) is 3.11. The van der Waals surface area contributed by atoms with Crippen molar-refractivity contribution in [1.29, 1.82) is 0 Å². The SMILES string of the molecule is COc1cc(OCC2COC(CO)O2)cc(OC)c1O. The van der Waals surface area contributed by atoms with Gasteiger partial charge in [0.25, 0.3) is 0 Å². The Morgan fingerprint density at radius 1 is 1.25 bits per heavy atom. The van der Waals surface area contributed by atoms with Crippen LogP contribution in [0.4, 0.5) is 0 Å². The molecule has 0 amide bonds. The number of aliphatic hydroxyl groups is 1. The molecule has 7 heteroatoms. The first-order valence-corrected chi connectivity index (χ1v) is 6.13. The molecule has 0 bridgehead atoms. The average molecular weight is 286 g/mol. The molecule has 2 unspecified atom stereocenters. The number of methoxy groups -OCH3 is 2. The molecule has 7 nitrogen and oxygen atoms in total. The fraction of sp³-hybridized carbons (Fsp3) is 0.538. The minimum atomic E-state index is -0.590. The van der Waals surface area contributed by atoms with Gasteiger partial charge in [-0.3, -0.25) is 0 Å². The number of ether oxygens (including phenoxy) is 5. The summed E-state index contributed by atoms with van der Waals surface area (Å²) in [5.74, 6) is 0.919. The lowest BCUT2D eigenvalue weighted by Gasteiger charge is -2.14. The molecule has 0 spiro atoms. The van der Waals surface area contributed by atoms with E-state index >= 15 is 0 Å². The van der Waals surface area contributed by atoms with E-state index in [1.165, 1.54) is 14.2 Å². The maximum atomic E-state index is 9.78. The smallest absolute Gasteiger partial charge is 0.201 e. The molecule has 0 aromatic heterocycles. The molecule has 112 valence electrons. The molecule has 1 saturated heterocycles. The molecule has 1 aliphatic rings. The van der Waals surface area contributed by atoms with Crippen molar-refractivity contribution in [2.45, 2.75) is 12.4 Å². The van der Waals surface area contributed by atoms with Crippen molar-refractivity contribution in [3.8, 4) is 23.0 Å². The molecule has 2 atom stereocenters. The Morgan fingerprint density at radius 2 is 1.90 bits per heavy atom. The fourth-order valence-corrected chi connectivity index (χ4v) is 1.83. The first-order chi connectivity index (χ1) is 9.67. The van der Waals surface area contributed by atoms with Crippen LogP contribution in [0.5, 0.6) is 23.0 Å². The first kappa shape index (κ1) is 14.7. The molecule has 2 rings (SSSR count). The van der Waals surface area contributed by atoms with Crippen LogP contribution >= 0.6 is 0 Å². The summed E-state index contributed by atoms with van der Waals surface area (Å²) in [6.45, 7) is 0.433. The molecule has 20 heavy (non-hydrogen) atoms. The van der Waals surface area contributed by atoms with Crippen molar-refractivity contribution >= 4 is 0 Å². The molecular formula is C13H18O7. The summed E-state index contributed by atoms with van der Waals surface area (Å²) in [6.07, 6.45) is -0.842. The zero-order chi connectivity index (χ0) is 14.5. The molecule has 0 radical (unpaired) electrons. The third kappa shape index (κ3) is 3.24. The van der Waals surface area contributed by atoms with Gasteiger partial charge >= 0.3 is 0 Å². The van der Waals surface area contributed by atoms with Crippen molar-refractivity contribution in [2.24, 2.45) is 0 Å². The van der Waals surface area contributed by atoms with Gasteiger partial charge in [-0.15, -0.1) is 0 Å². The summed E-state index contributed by atoms with van der Waals surface area (Å²) in [7, 11) is 2.88. The minimum Gasteiger partial charge on any atom is -0.502 e. The summed E-state index contributed by atoms with van der Waals surface area (Å²) in [5.41, 5.74) is 0. The van der Waals surface area contributed by atoms with E-state index in [1.807, 2.05) is 0 Å². The number of hydrogen-bond donors (Lipinski definition) is 2. The van der Waals surface area contributed by atoms with Crippen LogP contribution < -0.4 is 14.2 Å². The van der Waals surface area contributed by atoms with E-state index in [-0.39, 0.29) is 36.6 Å². The van der Waals surface area contributed by atoms with Crippen LogP contribution in [0.1, 0.15) is 0 Å². The van der Waals surface area contributed by atoms with Gasteiger partial charge in [0.05, 0.1) is 27.4 Å². The van der Waals surface area contributed by atoms with Crippen LogP contribution in [0.15, 0.2) is 12.1 Å². The Labute approximate surface area is 116 Å². The van der Waals surface area contributed by atoms with Crippen LogP contribution in [0.2, 0.25) is 0 Å². The molecule has 1 aliphatic heterocycles. The monoisotopic (exact) mass is 286 g/mol. The Bertz CT molecular complexity index is 423. The largest absolute Gasteiger partial charge is 0.502 e. The maximum absolute atomic E-state index is 9.78. The summed E-state index contributed by atoms with van der Waals surface area (Å²) in [5, 5.41) is 18.7. The van der Waals surface area contributed by atoms with Crippen molar-refractivity contribution in [1.82, 2.24) is 0 Å². The topological polar surface area (TPSA) is 86.6 Å². The predicted octanol–water partition coefficient (Wildman–Crippen LogP) is 0.522. The van der Waals surface area contributed by atoms with Crippen molar-refractivity contribution in [3.63, 3.8) is 0 Å². The fourth-order valence-electron chi connectivity index (χ4n) is 1.83. The van der Waals surface area contributed by atoms with Gasteiger partial charge in [-0.2, -0.15) is 0 Å². The third-order valence-corrected chi connectivity index (χ3v) is 2.85. The van der Waals surface area contributed by atoms with Gasteiger partial charge in [0.2, 0.25) is 5.75 Å². The second kappa shape index (κ2) is 6.65. The van der Waals surface area contributed by atoms with Gasteiger partial charge in [0, 0.05) is 12.1 Å². The van der Waals surface area contributed by atoms with E-state index in [4.69, 9.17) is 28.8 Å². The van der Waals surface area contributed by atoms with Crippen molar-refractivity contribution in [2.75, 3.05) is 34.0 Å². The van der Waals surface area contributed by atoms with E-state index in [1.54, 1.807) is 12.1 Å². The van der Waals surface area contributed by atoms with E-state index in [0.717, 1.165) is 0 Å².